The van der Waals surface area contributed by atoms with Gasteiger partial charge in [-0.15, -0.1) is 0 Å². The molecule has 3 rings (SSSR count). The van der Waals surface area contributed by atoms with E-state index >= 15 is 0 Å². The monoisotopic (exact) mass is 440 g/mol. The number of hydrogen-bond acceptors (Lipinski definition) is 5. The van der Waals surface area contributed by atoms with Gasteiger partial charge in [-0.2, -0.15) is 4.91 Å². The van der Waals surface area contributed by atoms with Gasteiger partial charge in [0.1, 0.15) is 6.10 Å². The van der Waals surface area contributed by atoms with Crippen molar-refractivity contribution in [2.75, 3.05) is 26.2 Å². The Kier molecular flexibility index (Phi) is 12.3. The van der Waals surface area contributed by atoms with Crippen molar-refractivity contribution in [1.82, 2.24) is 4.90 Å². The Labute approximate surface area is 179 Å². The van der Waals surface area contributed by atoms with E-state index in [1.165, 1.54) is 4.90 Å². The number of nitrogens with zero attached hydrogens (tertiary/aromatic N) is 2. The smallest absolute Gasteiger partial charge is 0.306 e. The van der Waals surface area contributed by atoms with Crippen molar-refractivity contribution >= 4 is 35.1 Å². The summed E-state index contributed by atoms with van der Waals surface area (Å²) in [5.41, 5.74) is 0. The van der Waals surface area contributed by atoms with E-state index in [0.29, 0.717) is 13.2 Å². The summed E-state index contributed by atoms with van der Waals surface area (Å²) in [7, 11) is 0. The summed E-state index contributed by atoms with van der Waals surface area (Å²) in [6.45, 7) is 0.917. The predicted molar refractivity (Wildman–Crippen MR) is 112 cm³/mol. The van der Waals surface area contributed by atoms with E-state index < -0.39 is 12.1 Å². The van der Waals surface area contributed by atoms with Crippen LogP contribution in [0.1, 0.15) is 6.42 Å². The van der Waals surface area contributed by atoms with Crippen LogP contribution in [0.3, 0.4) is 0 Å². The minimum atomic E-state index is -1.08. The fourth-order valence-corrected chi connectivity index (χ4v) is 2.50. The molecule has 2 aromatic rings. The number of aliphatic carboxylic acids is 1. The zero-order chi connectivity index (χ0) is 21.5. The SMILES string of the molecule is Clc1ccccc1.Clc1ccccc1.O=NCCN1CCOC(CC(=O)O)C1=O. The van der Waals surface area contributed by atoms with Gasteiger partial charge < -0.3 is 14.7 Å². The van der Waals surface area contributed by atoms with Gasteiger partial charge in [0.15, 0.2) is 0 Å². The molecule has 0 aromatic heterocycles. The summed E-state index contributed by atoms with van der Waals surface area (Å²) in [5.74, 6) is -1.46. The average Bonchev–Trinajstić information content (AvgIpc) is 2.70. The molecule has 1 N–H and O–H groups in total. The van der Waals surface area contributed by atoms with Crippen molar-refractivity contribution in [3.63, 3.8) is 0 Å². The number of amides is 1. The van der Waals surface area contributed by atoms with Gasteiger partial charge in [0.25, 0.3) is 5.91 Å². The van der Waals surface area contributed by atoms with Crippen LogP contribution in [0.25, 0.3) is 0 Å². The Morgan fingerprint density at radius 2 is 1.59 bits per heavy atom. The van der Waals surface area contributed by atoms with Crippen LogP contribution in [-0.2, 0) is 14.3 Å². The Morgan fingerprint density at radius 3 is 1.97 bits per heavy atom. The molecular formula is C20H22Cl2N2O5. The van der Waals surface area contributed by atoms with Gasteiger partial charge in [-0.25, -0.2) is 0 Å². The molecule has 0 aliphatic carbocycles. The van der Waals surface area contributed by atoms with Gasteiger partial charge in [-0.3, -0.25) is 9.59 Å². The zero-order valence-corrected chi connectivity index (χ0v) is 17.1. The molecule has 156 valence electrons. The van der Waals surface area contributed by atoms with Gasteiger partial charge in [0.05, 0.1) is 19.6 Å². The largest absolute Gasteiger partial charge is 0.481 e. The molecule has 0 bridgehead atoms. The van der Waals surface area contributed by atoms with E-state index in [2.05, 4.69) is 5.18 Å². The van der Waals surface area contributed by atoms with Crippen molar-refractivity contribution in [2.24, 2.45) is 5.18 Å². The second-order valence-corrected chi connectivity index (χ2v) is 6.60. The van der Waals surface area contributed by atoms with Gasteiger partial charge in [-0.05, 0) is 24.3 Å². The van der Waals surface area contributed by atoms with Gasteiger partial charge >= 0.3 is 5.97 Å². The summed E-state index contributed by atoms with van der Waals surface area (Å²) < 4.78 is 5.03. The lowest BCUT2D eigenvalue weighted by Crippen LogP contribution is -2.49. The number of carbonyl (C=O) groups is 2. The van der Waals surface area contributed by atoms with Crippen LogP contribution in [0, 0.1) is 4.91 Å². The minimum Gasteiger partial charge on any atom is -0.481 e. The number of nitroso groups, excluding NO2 is 1. The molecule has 1 saturated heterocycles. The number of rotatable bonds is 5. The van der Waals surface area contributed by atoms with Crippen molar-refractivity contribution in [3.05, 3.63) is 75.6 Å². The number of hydrogen-bond donors (Lipinski definition) is 1. The third-order valence-electron chi connectivity index (χ3n) is 3.55. The molecule has 1 atom stereocenters. The topological polar surface area (TPSA) is 96.3 Å². The zero-order valence-electron chi connectivity index (χ0n) is 15.6. The molecule has 1 aliphatic heterocycles. The second-order valence-electron chi connectivity index (χ2n) is 5.73. The van der Waals surface area contributed by atoms with Crippen LogP contribution in [-0.4, -0.2) is 54.2 Å². The fraction of sp³-hybridized carbons (Fsp3) is 0.300. The number of carboxylic acid groups (broad SMARTS) is 1. The first-order chi connectivity index (χ1) is 13.9. The molecule has 1 amide bonds. The Bertz CT molecular complexity index is 710. The van der Waals surface area contributed by atoms with Crippen LogP contribution in [0.5, 0.6) is 0 Å². The van der Waals surface area contributed by atoms with E-state index in [9.17, 15) is 14.5 Å². The maximum absolute atomic E-state index is 11.6. The molecule has 1 heterocycles. The normalized spacial score (nSPS) is 15.3. The quantitative estimate of drug-likeness (QED) is 0.704. The van der Waals surface area contributed by atoms with E-state index in [1.54, 1.807) is 0 Å². The summed E-state index contributed by atoms with van der Waals surface area (Å²) in [6, 6.07) is 18.9. The minimum absolute atomic E-state index is 0.0194. The van der Waals surface area contributed by atoms with Crippen molar-refractivity contribution in [1.29, 1.82) is 0 Å². The number of carboxylic acids is 1. The molecule has 1 fully saturated rings. The van der Waals surface area contributed by atoms with Crippen molar-refractivity contribution in [2.45, 2.75) is 12.5 Å². The first-order valence-electron chi connectivity index (χ1n) is 8.76. The standard InChI is InChI=1S/C8H12N2O5.2C6H5Cl/c11-7(12)5-6-8(13)10(2-1-9-14)3-4-15-6;2*7-6-4-2-1-3-5-6/h6H,1-5H2,(H,11,12);2*1-5H. The third-order valence-corrected chi connectivity index (χ3v) is 4.06. The van der Waals surface area contributed by atoms with E-state index in [4.69, 9.17) is 33.0 Å². The van der Waals surface area contributed by atoms with Gasteiger partial charge in [-0.1, -0.05) is 64.8 Å². The number of halogens is 2. The summed E-state index contributed by atoms with van der Waals surface area (Å²) in [6.07, 6.45) is -1.27. The lowest BCUT2D eigenvalue weighted by Gasteiger charge is -2.31. The van der Waals surface area contributed by atoms with Crippen LogP contribution in [0.15, 0.2) is 65.8 Å². The summed E-state index contributed by atoms with van der Waals surface area (Å²) >= 11 is 11.1. The van der Waals surface area contributed by atoms with Crippen molar-refractivity contribution in [3.8, 4) is 0 Å². The molecule has 0 saturated carbocycles. The van der Waals surface area contributed by atoms with E-state index in [0.717, 1.165) is 10.0 Å². The Morgan fingerprint density at radius 1 is 1.07 bits per heavy atom. The third kappa shape index (κ3) is 11.2. The molecule has 0 radical (unpaired) electrons. The molecule has 9 heteroatoms. The maximum atomic E-state index is 11.6. The summed E-state index contributed by atoms with van der Waals surface area (Å²) in [4.78, 5) is 33.3. The first kappa shape index (κ1) is 24.6. The number of morpholine rings is 1. The highest BCUT2D eigenvalue weighted by molar-refractivity contribution is 6.30. The first-order valence-corrected chi connectivity index (χ1v) is 9.52. The molecule has 2 aromatic carbocycles. The predicted octanol–water partition coefficient (Wildman–Crippen LogP) is 4.13. The number of ether oxygens (including phenoxy) is 1. The van der Waals surface area contributed by atoms with Gasteiger partial charge in [0.2, 0.25) is 0 Å². The molecule has 29 heavy (non-hydrogen) atoms. The van der Waals surface area contributed by atoms with Crippen LogP contribution < -0.4 is 0 Å². The molecule has 1 unspecified atom stereocenters. The molecule has 0 spiro atoms. The van der Waals surface area contributed by atoms with E-state index in [-0.39, 0.29) is 25.4 Å². The van der Waals surface area contributed by atoms with Gasteiger partial charge in [0, 0.05) is 23.1 Å². The van der Waals surface area contributed by atoms with Crippen LogP contribution in [0.2, 0.25) is 10.0 Å². The average molecular weight is 441 g/mol. The number of carbonyl (C=O) groups excluding carboxylic acids is 1. The second kappa shape index (κ2) is 14.5. The molecule has 7 nitrogen and oxygen atoms in total. The fourth-order valence-electron chi connectivity index (χ4n) is 2.21. The molecular weight excluding hydrogens is 419 g/mol. The lowest BCUT2D eigenvalue weighted by atomic mass is 10.2. The number of benzene rings is 2. The van der Waals surface area contributed by atoms with E-state index in [1.807, 2.05) is 60.7 Å². The summed E-state index contributed by atoms with van der Waals surface area (Å²) in [5, 5.41) is 12.8. The Balaban J connectivity index is 0.000000248. The van der Waals surface area contributed by atoms with Crippen LogP contribution >= 0.6 is 23.2 Å². The lowest BCUT2D eigenvalue weighted by molar-refractivity contribution is -0.159. The maximum Gasteiger partial charge on any atom is 0.306 e. The van der Waals surface area contributed by atoms with Crippen LogP contribution in [0.4, 0.5) is 0 Å². The highest BCUT2D eigenvalue weighted by Gasteiger charge is 2.30. The molecule has 1 aliphatic rings. The highest BCUT2D eigenvalue weighted by atomic mass is 35.5. The Hall–Kier alpha value is -2.48. The highest BCUT2D eigenvalue weighted by Crippen LogP contribution is 2.10. The van der Waals surface area contributed by atoms with Crippen molar-refractivity contribution < 1.29 is 19.4 Å².